The molecule has 1 atom stereocenters. The van der Waals surface area contributed by atoms with Crippen molar-refractivity contribution in [3.05, 3.63) is 88.9 Å². The van der Waals surface area contributed by atoms with Crippen LogP contribution in [0.4, 0.5) is 23.7 Å². The van der Waals surface area contributed by atoms with Crippen LogP contribution >= 0.6 is 23.4 Å². The van der Waals surface area contributed by atoms with Crippen LogP contribution < -0.4 is 9.64 Å². The van der Waals surface area contributed by atoms with Crippen LogP contribution in [0.25, 0.3) is 0 Å². The van der Waals surface area contributed by atoms with Crippen molar-refractivity contribution in [3.63, 3.8) is 0 Å². The number of thioether (sulfide) groups is 1. The lowest BCUT2D eigenvalue weighted by molar-refractivity contribution is -0.137. The zero-order valence-corrected chi connectivity index (χ0v) is 20.5. The third-order valence-corrected chi connectivity index (χ3v) is 6.67. The van der Waals surface area contributed by atoms with Gasteiger partial charge in [-0.1, -0.05) is 23.7 Å². The summed E-state index contributed by atoms with van der Waals surface area (Å²) in [6.45, 7) is 0.862. The van der Waals surface area contributed by atoms with Gasteiger partial charge in [0.25, 0.3) is 0 Å². The highest BCUT2D eigenvalue weighted by Gasteiger charge is 2.40. The monoisotopic (exact) mass is 520 g/mol. The van der Waals surface area contributed by atoms with E-state index >= 15 is 0 Å². The number of hydrogen-bond acceptors (Lipinski definition) is 3. The second-order valence-electron chi connectivity index (χ2n) is 8.13. The molecule has 2 amide bonds. The van der Waals surface area contributed by atoms with Crippen LogP contribution in [-0.4, -0.2) is 36.0 Å². The summed E-state index contributed by atoms with van der Waals surface area (Å²) in [5, 5.41) is 0.600. The van der Waals surface area contributed by atoms with E-state index in [1.807, 2.05) is 6.26 Å². The Kier molecular flexibility index (Phi) is 7.82. The van der Waals surface area contributed by atoms with Crippen LogP contribution in [0.2, 0.25) is 5.02 Å². The number of anilines is 1. The maximum absolute atomic E-state index is 13.4. The van der Waals surface area contributed by atoms with Crippen LogP contribution in [0.1, 0.15) is 23.6 Å². The summed E-state index contributed by atoms with van der Waals surface area (Å²) in [5.41, 5.74) is 0.310. The number of rotatable bonds is 8. The highest BCUT2D eigenvalue weighted by atomic mass is 35.5. The Bertz CT molecular complexity index is 1160. The van der Waals surface area contributed by atoms with E-state index in [2.05, 4.69) is 0 Å². The molecule has 0 radical (unpaired) electrons. The van der Waals surface area contributed by atoms with Gasteiger partial charge in [0.15, 0.2) is 0 Å². The quantitative estimate of drug-likeness (QED) is 0.283. The largest absolute Gasteiger partial charge is 0.457 e. The number of benzene rings is 3. The van der Waals surface area contributed by atoms with Gasteiger partial charge in [-0.25, -0.2) is 4.79 Å². The molecule has 9 heteroatoms. The maximum Gasteiger partial charge on any atom is 0.416 e. The van der Waals surface area contributed by atoms with E-state index in [4.69, 9.17) is 16.3 Å². The predicted molar refractivity (Wildman–Crippen MR) is 135 cm³/mol. The Morgan fingerprint density at radius 2 is 1.69 bits per heavy atom. The van der Waals surface area contributed by atoms with Gasteiger partial charge < -0.3 is 9.64 Å². The van der Waals surface area contributed by atoms with Crippen molar-refractivity contribution in [1.29, 1.82) is 0 Å². The van der Waals surface area contributed by atoms with Gasteiger partial charge in [0.2, 0.25) is 0 Å². The first-order chi connectivity index (χ1) is 16.8. The first-order valence-corrected chi connectivity index (χ1v) is 12.8. The van der Waals surface area contributed by atoms with Crippen molar-refractivity contribution in [3.8, 4) is 11.5 Å². The Morgan fingerprint density at radius 1 is 1.03 bits per heavy atom. The molecule has 3 aromatic carbocycles. The molecule has 35 heavy (non-hydrogen) atoms. The Balaban J connectivity index is 1.61. The van der Waals surface area contributed by atoms with E-state index in [1.165, 1.54) is 6.07 Å². The van der Waals surface area contributed by atoms with Gasteiger partial charge in [-0.15, -0.1) is 0 Å². The molecular weight excluding hydrogens is 497 g/mol. The zero-order valence-electron chi connectivity index (χ0n) is 19.0. The summed E-state index contributed by atoms with van der Waals surface area (Å²) in [6.07, 6.45) is -1.65. The molecular formula is C26H24ClF3N2O2S. The minimum Gasteiger partial charge on any atom is -0.457 e. The second kappa shape index (κ2) is 10.8. The first-order valence-electron chi connectivity index (χ1n) is 11.0. The first kappa shape index (κ1) is 25.3. The van der Waals surface area contributed by atoms with Crippen LogP contribution in [0.3, 0.4) is 0 Å². The van der Waals surface area contributed by atoms with Crippen LogP contribution in [0.5, 0.6) is 11.5 Å². The molecule has 3 aromatic rings. The molecule has 184 valence electrons. The van der Waals surface area contributed by atoms with Gasteiger partial charge in [0.1, 0.15) is 11.5 Å². The normalized spacial score (nSPS) is 16.1. The molecule has 0 aliphatic carbocycles. The van der Waals surface area contributed by atoms with Gasteiger partial charge in [0, 0.05) is 23.8 Å². The average molecular weight is 521 g/mol. The summed E-state index contributed by atoms with van der Waals surface area (Å²) in [7, 11) is 0. The fraction of sp³-hybridized carbons (Fsp3) is 0.269. The van der Waals surface area contributed by atoms with Crippen molar-refractivity contribution in [1.82, 2.24) is 4.90 Å². The number of carbonyl (C=O) groups is 1. The van der Waals surface area contributed by atoms with E-state index < -0.39 is 17.8 Å². The summed E-state index contributed by atoms with van der Waals surface area (Å²) in [6, 6.07) is 18.3. The van der Waals surface area contributed by atoms with E-state index in [9.17, 15) is 18.0 Å². The number of ether oxygens (including phenoxy) is 1. The topological polar surface area (TPSA) is 32.8 Å². The standard InChI is InChI=1S/C26H24ClF3N2O2S/c1-35-15-3-14-31-17-24(18-4-2-5-19(16-18)26(28,29)30)32(25(31)33)21-8-12-23(13-9-21)34-22-10-6-20(27)7-11-22/h2,4-13,16,24H,3,14-15,17H2,1H3/t24-/m1/s1. The van der Waals surface area contributed by atoms with Crippen LogP contribution in [0, 0.1) is 0 Å². The van der Waals surface area contributed by atoms with Gasteiger partial charge >= 0.3 is 12.2 Å². The molecule has 1 aliphatic heterocycles. The smallest absolute Gasteiger partial charge is 0.416 e. The maximum atomic E-state index is 13.4. The number of nitrogens with zero attached hydrogens (tertiary/aromatic N) is 2. The van der Waals surface area contributed by atoms with Crippen molar-refractivity contribution < 1.29 is 22.7 Å². The number of urea groups is 1. The van der Waals surface area contributed by atoms with Gasteiger partial charge in [-0.05, 0) is 84.7 Å². The van der Waals surface area contributed by atoms with Crippen LogP contribution in [-0.2, 0) is 6.18 Å². The minimum atomic E-state index is -4.46. The lowest BCUT2D eigenvalue weighted by atomic mass is 10.0. The summed E-state index contributed by atoms with van der Waals surface area (Å²) in [5.74, 6) is 2.07. The molecule has 1 saturated heterocycles. The lowest BCUT2D eigenvalue weighted by Crippen LogP contribution is -2.33. The average Bonchev–Trinajstić information content (AvgIpc) is 3.17. The number of amides is 2. The minimum absolute atomic E-state index is 0.222. The molecule has 4 nitrogen and oxygen atoms in total. The molecule has 0 N–H and O–H groups in total. The molecule has 0 aromatic heterocycles. The fourth-order valence-electron chi connectivity index (χ4n) is 4.02. The number of hydrogen-bond donors (Lipinski definition) is 0. The van der Waals surface area contributed by atoms with E-state index in [1.54, 1.807) is 76.2 Å². The molecule has 0 spiro atoms. The molecule has 1 fully saturated rings. The van der Waals surface area contributed by atoms with E-state index in [0.717, 1.165) is 24.3 Å². The second-order valence-corrected chi connectivity index (χ2v) is 9.56. The molecule has 4 rings (SSSR count). The summed E-state index contributed by atoms with van der Waals surface area (Å²) in [4.78, 5) is 16.6. The zero-order chi connectivity index (χ0) is 25.0. The number of alkyl halides is 3. The SMILES string of the molecule is CSCCCN1C[C@H](c2cccc(C(F)(F)F)c2)N(c2ccc(Oc3ccc(Cl)cc3)cc2)C1=O. The summed E-state index contributed by atoms with van der Waals surface area (Å²) >= 11 is 7.60. The van der Waals surface area contributed by atoms with Crippen LogP contribution in [0.15, 0.2) is 72.8 Å². The number of halogens is 4. The van der Waals surface area contributed by atoms with E-state index in [0.29, 0.717) is 40.9 Å². The third kappa shape index (κ3) is 6.05. The van der Waals surface area contributed by atoms with Crippen molar-refractivity contribution >= 4 is 35.1 Å². The lowest BCUT2D eigenvalue weighted by Gasteiger charge is -2.24. The molecule has 0 bridgehead atoms. The Labute approximate surface area is 211 Å². The van der Waals surface area contributed by atoms with E-state index in [-0.39, 0.29) is 6.03 Å². The number of carbonyl (C=O) groups excluding carboxylic acids is 1. The van der Waals surface area contributed by atoms with Gasteiger partial charge in [-0.3, -0.25) is 4.90 Å². The van der Waals surface area contributed by atoms with Crippen molar-refractivity contribution in [2.45, 2.75) is 18.6 Å². The highest BCUT2D eigenvalue weighted by molar-refractivity contribution is 7.98. The predicted octanol–water partition coefficient (Wildman–Crippen LogP) is 7.89. The third-order valence-electron chi connectivity index (χ3n) is 5.72. The summed E-state index contributed by atoms with van der Waals surface area (Å²) < 4.78 is 45.9. The molecule has 0 saturated carbocycles. The van der Waals surface area contributed by atoms with Crippen molar-refractivity contribution in [2.75, 3.05) is 30.0 Å². The molecule has 1 heterocycles. The molecule has 1 aliphatic rings. The Hall–Kier alpha value is -2.84. The van der Waals surface area contributed by atoms with Gasteiger partial charge in [0.05, 0.1) is 11.6 Å². The molecule has 0 unspecified atom stereocenters. The fourth-order valence-corrected chi connectivity index (χ4v) is 4.57. The Morgan fingerprint density at radius 3 is 2.31 bits per heavy atom. The highest BCUT2D eigenvalue weighted by Crippen LogP contribution is 2.38. The van der Waals surface area contributed by atoms with Gasteiger partial charge in [-0.2, -0.15) is 24.9 Å². The van der Waals surface area contributed by atoms with Crippen molar-refractivity contribution in [2.24, 2.45) is 0 Å².